The van der Waals surface area contributed by atoms with Gasteiger partial charge in [0.25, 0.3) is 5.91 Å². The van der Waals surface area contributed by atoms with E-state index in [1.165, 1.54) is 0 Å². The van der Waals surface area contributed by atoms with Crippen molar-refractivity contribution in [3.63, 3.8) is 0 Å². The first kappa shape index (κ1) is 20.6. The normalized spacial score (nSPS) is 15.1. The van der Waals surface area contributed by atoms with Crippen molar-refractivity contribution >= 4 is 21.6 Å². The number of carbonyl (C=O) groups excluding carboxylic acids is 1. The summed E-state index contributed by atoms with van der Waals surface area (Å²) in [4.78, 5) is 12.7. The molecule has 5 nitrogen and oxygen atoms in total. The van der Waals surface area contributed by atoms with Gasteiger partial charge in [0.2, 0.25) is 10.0 Å². The molecule has 1 fully saturated rings. The van der Waals surface area contributed by atoms with E-state index in [9.17, 15) is 13.2 Å². The number of hydrogen-bond donors (Lipinski definition) is 1. The molecule has 2 aromatic carbocycles. The van der Waals surface area contributed by atoms with Crippen LogP contribution >= 0.6 is 0 Å². The lowest BCUT2D eigenvalue weighted by molar-refractivity contribution is 0.102. The molecule has 0 aromatic heterocycles. The molecule has 0 aliphatic carbocycles. The lowest BCUT2D eigenvalue weighted by Crippen LogP contribution is -2.29. The Balaban J connectivity index is 1.73. The molecule has 1 aliphatic rings. The number of sulfonamides is 1. The molecule has 0 unspecified atom stereocenters. The third-order valence-electron chi connectivity index (χ3n) is 5.19. The van der Waals surface area contributed by atoms with Gasteiger partial charge in [-0.2, -0.15) is 0 Å². The molecule has 0 atom stereocenters. The topological polar surface area (TPSA) is 66.5 Å². The first-order valence-electron chi connectivity index (χ1n) is 9.75. The maximum absolute atomic E-state index is 12.7. The van der Waals surface area contributed by atoms with Gasteiger partial charge in [-0.1, -0.05) is 44.2 Å². The Labute approximate surface area is 167 Å². The molecule has 1 saturated heterocycles. The van der Waals surface area contributed by atoms with Crippen LogP contribution in [0.3, 0.4) is 0 Å². The summed E-state index contributed by atoms with van der Waals surface area (Å²) in [6.45, 7) is 7.39. The molecule has 1 heterocycles. The summed E-state index contributed by atoms with van der Waals surface area (Å²) in [5, 5.41) is 3.02. The van der Waals surface area contributed by atoms with Gasteiger partial charge in [0.15, 0.2) is 0 Å². The molecule has 1 amide bonds. The molecule has 6 heteroatoms. The van der Waals surface area contributed by atoms with Crippen molar-refractivity contribution in [3.8, 4) is 0 Å². The fourth-order valence-electron chi connectivity index (χ4n) is 3.55. The molecular weight excluding hydrogens is 372 g/mol. The third kappa shape index (κ3) is 4.62. The molecule has 1 aliphatic heterocycles. The van der Waals surface area contributed by atoms with Crippen molar-refractivity contribution in [1.82, 2.24) is 4.31 Å². The van der Waals surface area contributed by atoms with Gasteiger partial charge in [-0.15, -0.1) is 0 Å². The zero-order chi connectivity index (χ0) is 20.3. The van der Waals surface area contributed by atoms with Gasteiger partial charge in [0, 0.05) is 24.3 Å². The standard InChI is InChI=1S/C22H28N2O3S/c1-16(2)20-8-6-7-17(3)21(20)23-22(25)19-11-9-18(10-12-19)15-28(26,27)24-13-4-5-14-24/h6-12,16H,4-5,13-15H2,1-3H3,(H,23,25). The summed E-state index contributed by atoms with van der Waals surface area (Å²) in [6.07, 6.45) is 1.85. The summed E-state index contributed by atoms with van der Waals surface area (Å²) < 4.78 is 26.5. The molecule has 1 N–H and O–H groups in total. The van der Waals surface area contributed by atoms with Crippen LogP contribution in [-0.2, 0) is 15.8 Å². The van der Waals surface area contributed by atoms with Crippen LogP contribution in [0.2, 0.25) is 0 Å². The molecule has 0 bridgehead atoms. The van der Waals surface area contributed by atoms with Gasteiger partial charge in [-0.25, -0.2) is 12.7 Å². The Hall–Kier alpha value is -2.18. The SMILES string of the molecule is Cc1cccc(C(C)C)c1NC(=O)c1ccc(CS(=O)(=O)N2CCCC2)cc1. The average Bonchev–Trinajstić information content (AvgIpc) is 3.19. The van der Waals surface area contributed by atoms with E-state index >= 15 is 0 Å². The van der Waals surface area contributed by atoms with E-state index in [1.807, 2.05) is 25.1 Å². The van der Waals surface area contributed by atoms with E-state index in [4.69, 9.17) is 0 Å². The smallest absolute Gasteiger partial charge is 0.255 e. The third-order valence-corrected chi connectivity index (χ3v) is 7.04. The Morgan fingerprint density at radius 2 is 1.71 bits per heavy atom. The van der Waals surface area contributed by atoms with Gasteiger partial charge < -0.3 is 5.32 Å². The summed E-state index contributed by atoms with van der Waals surface area (Å²) in [5.74, 6) is 0.0861. The van der Waals surface area contributed by atoms with Crippen molar-refractivity contribution in [3.05, 3.63) is 64.7 Å². The number of para-hydroxylation sites is 1. The minimum atomic E-state index is -3.28. The Bertz CT molecular complexity index is 944. The van der Waals surface area contributed by atoms with Crippen LogP contribution < -0.4 is 5.32 Å². The van der Waals surface area contributed by atoms with Crippen molar-refractivity contribution in [2.75, 3.05) is 18.4 Å². The van der Waals surface area contributed by atoms with Gasteiger partial charge >= 0.3 is 0 Å². The number of nitrogens with one attached hydrogen (secondary N) is 1. The zero-order valence-corrected chi connectivity index (χ0v) is 17.6. The first-order valence-corrected chi connectivity index (χ1v) is 11.4. The number of amides is 1. The second-order valence-electron chi connectivity index (χ2n) is 7.71. The van der Waals surface area contributed by atoms with Crippen molar-refractivity contribution in [1.29, 1.82) is 0 Å². The van der Waals surface area contributed by atoms with Crippen molar-refractivity contribution < 1.29 is 13.2 Å². The van der Waals surface area contributed by atoms with E-state index in [2.05, 4.69) is 19.2 Å². The number of nitrogens with zero attached hydrogens (tertiary/aromatic N) is 1. The van der Waals surface area contributed by atoms with Crippen molar-refractivity contribution in [2.45, 2.75) is 45.3 Å². The van der Waals surface area contributed by atoms with Gasteiger partial charge in [0.05, 0.1) is 5.75 Å². The summed E-state index contributed by atoms with van der Waals surface area (Å²) in [5.41, 5.74) is 4.18. The number of anilines is 1. The van der Waals surface area contributed by atoms with Crippen LogP contribution in [0.1, 0.15) is 59.7 Å². The Morgan fingerprint density at radius 1 is 1.07 bits per heavy atom. The number of carbonyl (C=O) groups is 1. The van der Waals surface area contributed by atoms with Crippen LogP contribution in [0.25, 0.3) is 0 Å². The number of benzene rings is 2. The minimum absolute atomic E-state index is 0.0236. The molecule has 150 valence electrons. The quantitative estimate of drug-likeness (QED) is 0.786. The highest BCUT2D eigenvalue weighted by Crippen LogP contribution is 2.28. The maximum atomic E-state index is 12.7. The zero-order valence-electron chi connectivity index (χ0n) is 16.7. The van der Waals surface area contributed by atoms with Crippen molar-refractivity contribution in [2.24, 2.45) is 0 Å². The van der Waals surface area contributed by atoms with E-state index in [0.29, 0.717) is 30.1 Å². The summed E-state index contributed by atoms with van der Waals surface area (Å²) >= 11 is 0. The van der Waals surface area contributed by atoms with Crippen LogP contribution in [0.5, 0.6) is 0 Å². The minimum Gasteiger partial charge on any atom is -0.321 e. The van der Waals surface area contributed by atoms with Crippen LogP contribution in [-0.4, -0.2) is 31.7 Å². The second kappa shape index (κ2) is 8.45. The molecule has 0 spiro atoms. The van der Waals surface area contributed by atoms with E-state index in [-0.39, 0.29) is 11.7 Å². The van der Waals surface area contributed by atoms with Gasteiger partial charge in [-0.05, 0) is 54.5 Å². The highest BCUT2D eigenvalue weighted by molar-refractivity contribution is 7.88. The molecule has 0 saturated carbocycles. The monoisotopic (exact) mass is 400 g/mol. The van der Waals surface area contributed by atoms with E-state index in [1.54, 1.807) is 28.6 Å². The lowest BCUT2D eigenvalue weighted by Gasteiger charge is -2.17. The number of aryl methyl sites for hydroxylation is 1. The molecule has 28 heavy (non-hydrogen) atoms. The average molecular weight is 401 g/mol. The maximum Gasteiger partial charge on any atom is 0.255 e. The van der Waals surface area contributed by atoms with E-state index in [0.717, 1.165) is 29.7 Å². The predicted molar refractivity (Wildman–Crippen MR) is 113 cm³/mol. The molecule has 3 rings (SSSR count). The largest absolute Gasteiger partial charge is 0.321 e. The number of hydrogen-bond acceptors (Lipinski definition) is 3. The molecular formula is C22H28N2O3S. The Kier molecular flexibility index (Phi) is 6.20. The van der Waals surface area contributed by atoms with Crippen LogP contribution in [0.4, 0.5) is 5.69 Å². The first-order chi connectivity index (χ1) is 13.3. The molecule has 0 radical (unpaired) electrons. The van der Waals surface area contributed by atoms with Crippen LogP contribution in [0.15, 0.2) is 42.5 Å². The van der Waals surface area contributed by atoms with Crippen LogP contribution in [0, 0.1) is 6.92 Å². The lowest BCUT2D eigenvalue weighted by atomic mass is 9.98. The van der Waals surface area contributed by atoms with E-state index < -0.39 is 10.0 Å². The van der Waals surface area contributed by atoms with Gasteiger partial charge in [-0.3, -0.25) is 4.79 Å². The second-order valence-corrected chi connectivity index (χ2v) is 9.68. The number of rotatable bonds is 6. The predicted octanol–water partition coefficient (Wildman–Crippen LogP) is 4.30. The summed E-state index contributed by atoms with van der Waals surface area (Å²) in [6, 6.07) is 12.8. The highest BCUT2D eigenvalue weighted by Gasteiger charge is 2.25. The van der Waals surface area contributed by atoms with Gasteiger partial charge in [0.1, 0.15) is 0 Å². The Morgan fingerprint density at radius 3 is 2.32 bits per heavy atom. The highest BCUT2D eigenvalue weighted by atomic mass is 32.2. The summed E-state index contributed by atoms with van der Waals surface area (Å²) in [7, 11) is -3.28. The molecule has 2 aromatic rings. The fraction of sp³-hybridized carbons (Fsp3) is 0.409. The fourth-order valence-corrected chi connectivity index (χ4v) is 5.16.